The predicted octanol–water partition coefficient (Wildman–Crippen LogP) is 1.47. The second-order valence-corrected chi connectivity index (χ2v) is 5.14. The number of ether oxygens (including phenoxy) is 1. The molecule has 0 amide bonds. The van der Waals surface area contributed by atoms with Crippen LogP contribution in [0.1, 0.15) is 26.7 Å². The Balaban J connectivity index is 2.13. The first-order valence-electron chi connectivity index (χ1n) is 6.47. The van der Waals surface area contributed by atoms with Crippen molar-refractivity contribution in [3.8, 4) is 5.88 Å². The van der Waals surface area contributed by atoms with Crippen LogP contribution in [0.2, 0.25) is 0 Å². The summed E-state index contributed by atoms with van der Waals surface area (Å²) in [6.07, 6.45) is 3.67. The van der Waals surface area contributed by atoms with Crippen molar-refractivity contribution < 1.29 is 9.84 Å². The lowest BCUT2D eigenvalue weighted by molar-refractivity contribution is 0.123. The van der Waals surface area contributed by atoms with E-state index in [4.69, 9.17) is 4.74 Å². The molecule has 0 saturated carbocycles. The van der Waals surface area contributed by atoms with Gasteiger partial charge in [0.2, 0.25) is 5.88 Å². The molecule has 1 aliphatic rings. The molecule has 2 heterocycles. The van der Waals surface area contributed by atoms with Gasteiger partial charge in [-0.05, 0) is 19.8 Å². The number of aliphatic hydroxyl groups is 1. The summed E-state index contributed by atoms with van der Waals surface area (Å²) in [6, 6.07) is 1.87. The Morgan fingerprint density at radius 1 is 1.50 bits per heavy atom. The largest absolute Gasteiger partial charge is 0.478 e. The molecule has 0 spiro atoms. The second kappa shape index (κ2) is 5.52. The molecule has 1 saturated heterocycles. The molecular formula is C13H21N3O2. The zero-order valence-electron chi connectivity index (χ0n) is 11.1. The summed E-state index contributed by atoms with van der Waals surface area (Å²) in [5.74, 6) is 1.49. The Bertz CT molecular complexity index is 400. The van der Waals surface area contributed by atoms with E-state index in [2.05, 4.69) is 21.8 Å². The van der Waals surface area contributed by atoms with Crippen molar-refractivity contribution in [3.05, 3.63) is 12.4 Å². The van der Waals surface area contributed by atoms with Crippen molar-refractivity contribution in [1.82, 2.24) is 9.97 Å². The number of anilines is 1. The van der Waals surface area contributed by atoms with Crippen molar-refractivity contribution in [2.45, 2.75) is 26.7 Å². The van der Waals surface area contributed by atoms with Gasteiger partial charge in [-0.15, -0.1) is 0 Å². The molecule has 2 rings (SSSR count). The molecule has 5 heteroatoms. The summed E-state index contributed by atoms with van der Waals surface area (Å²) in [5.41, 5.74) is -0.0328. The number of piperidine rings is 1. The summed E-state index contributed by atoms with van der Waals surface area (Å²) in [4.78, 5) is 10.6. The minimum atomic E-state index is -0.0328. The third kappa shape index (κ3) is 2.90. The standard InChI is InChI=1S/C13H21N3O2/c1-3-18-12-7-11(14-10-15-12)16-6-4-5-13(2,8-16)9-17/h7,10,17H,3-6,8-9H2,1-2H3/t13-/m1/s1. The number of hydrogen-bond donors (Lipinski definition) is 1. The van der Waals surface area contributed by atoms with Crippen LogP contribution in [0, 0.1) is 5.41 Å². The maximum Gasteiger partial charge on any atom is 0.218 e. The van der Waals surface area contributed by atoms with E-state index >= 15 is 0 Å². The molecule has 0 radical (unpaired) electrons. The molecule has 18 heavy (non-hydrogen) atoms. The molecule has 1 fully saturated rings. The quantitative estimate of drug-likeness (QED) is 0.878. The van der Waals surface area contributed by atoms with Gasteiger partial charge in [0.1, 0.15) is 12.1 Å². The average molecular weight is 251 g/mol. The van der Waals surface area contributed by atoms with Crippen molar-refractivity contribution in [1.29, 1.82) is 0 Å². The molecule has 1 N–H and O–H groups in total. The van der Waals surface area contributed by atoms with Gasteiger partial charge in [0.15, 0.2) is 0 Å². The number of aliphatic hydroxyl groups excluding tert-OH is 1. The Morgan fingerprint density at radius 3 is 3.06 bits per heavy atom. The Hall–Kier alpha value is -1.36. The average Bonchev–Trinajstić information content (AvgIpc) is 2.40. The van der Waals surface area contributed by atoms with Gasteiger partial charge in [-0.3, -0.25) is 0 Å². The third-order valence-corrected chi connectivity index (χ3v) is 3.41. The third-order valence-electron chi connectivity index (χ3n) is 3.41. The topological polar surface area (TPSA) is 58.5 Å². The molecule has 5 nitrogen and oxygen atoms in total. The van der Waals surface area contributed by atoms with Gasteiger partial charge in [0.25, 0.3) is 0 Å². The molecule has 1 aromatic rings. The molecule has 0 bridgehead atoms. The SMILES string of the molecule is CCOc1cc(N2CCC[C@@](C)(CO)C2)ncn1. The first-order chi connectivity index (χ1) is 8.67. The van der Waals surface area contributed by atoms with Crippen molar-refractivity contribution >= 4 is 5.82 Å². The van der Waals surface area contributed by atoms with Gasteiger partial charge >= 0.3 is 0 Å². The molecule has 0 aliphatic carbocycles. The Morgan fingerprint density at radius 2 is 2.33 bits per heavy atom. The summed E-state index contributed by atoms with van der Waals surface area (Å²) in [5, 5.41) is 9.47. The lowest BCUT2D eigenvalue weighted by Crippen LogP contribution is -2.44. The Labute approximate surface area is 108 Å². The van der Waals surface area contributed by atoms with Crippen LogP contribution in [0.3, 0.4) is 0 Å². The minimum absolute atomic E-state index is 0.0328. The highest BCUT2D eigenvalue weighted by Crippen LogP contribution is 2.31. The number of nitrogens with zero attached hydrogens (tertiary/aromatic N) is 3. The summed E-state index contributed by atoms with van der Waals surface area (Å²) < 4.78 is 5.39. The summed E-state index contributed by atoms with van der Waals surface area (Å²) >= 11 is 0. The van der Waals surface area contributed by atoms with Crippen molar-refractivity contribution in [2.24, 2.45) is 5.41 Å². The van der Waals surface area contributed by atoms with E-state index in [1.54, 1.807) is 0 Å². The first-order valence-corrected chi connectivity index (χ1v) is 6.47. The minimum Gasteiger partial charge on any atom is -0.478 e. The zero-order chi connectivity index (χ0) is 13.0. The van der Waals surface area contributed by atoms with Crippen molar-refractivity contribution in [2.75, 3.05) is 31.2 Å². The van der Waals surface area contributed by atoms with Crippen LogP contribution in [0.5, 0.6) is 5.88 Å². The predicted molar refractivity (Wildman–Crippen MR) is 69.8 cm³/mol. The number of aromatic nitrogens is 2. The molecule has 0 aromatic carbocycles. The van der Waals surface area contributed by atoms with Crippen LogP contribution in [-0.4, -0.2) is 41.4 Å². The van der Waals surface area contributed by atoms with Crippen LogP contribution >= 0.6 is 0 Å². The highest BCUT2D eigenvalue weighted by molar-refractivity contribution is 5.41. The Kier molecular flexibility index (Phi) is 4.01. The van der Waals surface area contributed by atoms with Gasteiger partial charge < -0.3 is 14.7 Å². The monoisotopic (exact) mass is 251 g/mol. The maximum absolute atomic E-state index is 9.47. The summed E-state index contributed by atoms with van der Waals surface area (Å²) in [6.45, 7) is 6.66. The highest BCUT2D eigenvalue weighted by Gasteiger charge is 2.31. The lowest BCUT2D eigenvalue weighted by Gasteiger charge is -2.39. The van der Waals surface area contributed by atoms with E-state index in [-0.39, 0.29) is 12.0 Å². The van der Waals surface area contributed by atoms with Crippen LogP contribution in [0.4, 0.5) is 5.82 Å². The smallest absolute Gasteiger partial charge is 0.218 e. The molecule has 1 atom stereocenters. The van der Waals surface area contributed by atoms with Crippen LogP contribution in [-0.2, 0) is 0 Å². The van der Waals surface area contributed by atoms with E-state index in [1.807, 2.05) is 13.0 Å². The van der Waals surface area contributed by atoms with Gasteiger partial charge in [-0.1, -0.05) is 6.92 Å². The van der Waals surface area contributed by atoms with E-state index in [0.29, 0.717) is 12.5 Å². The fraction of sp³-hybridized carbons (Fsp3) is 0.692. The number of hydrogen-bond acceptors (Lipinski definition) is 5. The highest BCUT2D eigenvalue weighted by atomic mass is 16.5. The molecule has 100 valence electrons. The maximum atomic E-state index is 9.47. The molecule has 1 aromatic heterocycles. The van der Waals surface area contributed by atoms with Gasteiger partial charge in [0, 0.05) is 24.6 Å². The molecular weight excluding hydrogens is 230 g/mol. The van der Waals surface area contributed by atoms with Gasteiger partial charge in [0.05, 0.1) is 13.2 Å². The molecule has 0 unspecified atom stereocenters. The van der Waals surface area contributed by atoms with Crippen LogP contribution in [0.15, 0.2) is 12.4 Å². The fourth-order valence-electron chi connectivity index (χ4n) is 2.37. The van der Waals surface area contributed by atoms with E-state index in [1.165, 1.54) is 6.33 Å². The zero-order valence-corrected chi connectivity index (χ0v) is 11.1. The molecule has 1 aliphatic heterocycles. The first kappa shape index (κ1) is 13.1. The fourth-order valence-corrected chi connectivity index (χ4v) is 2.37. The van der Waals surface area contributed by atoms with Crippen molar-refractivity contribution in [3.63, 3.8) is 0 Å². The second-order valence-electron chi connectivity index (χ2n) is 5.14. The van der Waals surface area contributed by atoms with E-state index in [9.17, 15) is 5.11 Å². The van der Waals surface area contributed by atoms with E-state index < -0.39 is 0 Å². The summed E-state index contributed by atoms with van der Waals surface area (Å²) in [7, 11) is 0. The van der Waals surface area contributed by atoms with Crippen LogP contribution in [0.25, 0.3) is 0 Å². The lowest BCUT2D eigenvalue weighted by atomic mass is 9.83. The van der Waals surface area contributed by atoms with Gasteiger partial charge in [-0.25, -0.2) is 9.97 Å². The normalized spacial score (nSPS) is 24.1. The number of rotatable bonds is 4. The van der Waals surface area contributed by atoms with Gasteiger partial charge in [-0.2, -0.15) is 0 Å². The van der Waals surface area contributed by atoms with Crippen LogP contribution < -0.4 is 9.64 Å². The van der Waals surface area contributed by atoms with E-state index in [0.717, 1.165) is 31.7 Å².